The summed E-state index contributed by atoms with van der Waals surface area (Å²) in [6.45, 7) is 1.79. The lowest BCUT2D eigenvalue weighted by Crippen LogP contribution is -2.31. The lowest BCUT2D eigenvalue weighted by atomic mass is 10.1. The van der Waals surface area contributed by atoms with E-state index in [1.165, 1.54) is 12.1 Å². The summed E-state index contributed by atoms with van der Waals surface area (Å²) >= 11 is 0. The summed E-state index contributed by atoms with van der Waals surface area (Å²) in [7, 11) is 0. The predicted octanol–water partition coefficient (Wildman–Crippen LogP) is 2.97. The molecule has 0 aliphatic rings. The van der Waals surface area contributed by atoms with E-state index < -0.39 is 11.7 Å². The van der Waals surface area contributed by atoms with Crippen LogP contribution in [0.5, 0.6) is 0 Å². The van der Waals surface area contributed by atoms with Crippen LogP contribution in [0.25, 0.3) is 10.9 Å². The highest BCUT2D eigenvalue weighted by molar-refractivity contribution is 6.45. The minimum atomic E-state index is -0.707. The number of hydrogen-bond donors (Lipinski definition) is 2. The average molecular weight is 334 g/mol. The number of Topliss-reactive ketones (excluding diaryl/α,β-unsaturated/α-hetero) is 1. The van der Waals surface area contributed by atoms with Gasteiger partial charge in [0.15, 0.2) is 0 Å². The van der Waals surface area contributed by atoms with Gasteiger partial charge in [0.25, 0.3) is 11.7 Å². The van der Waals surface area contributed by atoms with Gasteiger partial charge in [-0.15, -0.1) is 0 Å². The second-order valence-corrected chi connectivity index (χ2v) is 5.49. The van der Waals surface area contributed by atoms with Crippen molar-refractivity contribution in [3.63, 3.8) is 0 Å². The van der Waals surface area contributed by atoms with Crippen molar-refractivity contribution in [2.75, 3.05) is 6.54 Å². The number of para-hydroxylation sites is 1. The molecule has 4 nitrogen and oxygen atoms in total. The number of H-pyrrole nitrogens is 1. The molecule has 1 amide bonds. The van der Waals surface area contributed by atoms with Gasteiger partial charge in [-0.1, -0.05) is 30.0 Å². The number of nitrogens with one attached hydrogen (secondary N) is 2. The molecule has 25 heavy (non-hydrogen) atoms. The number of carbonyl (C=O) groups is 2. The molecule has 124 valence electrons. The number of aromatic amines is 1. The Morgan fingerprint density at radius 3 is 2.60 bits per heavy atom. The number of ketones is 1. The molecule has 0 aliphatic heterocycles. The Kier molecular flexibility index (Phi) is 4.62. The maximum atomic E-state index is 12.8. The SMILES string of the molecule is Cc1[nH]c2ccccc2c1C(=O)C(=O)NCC#Cc1ccc(F)cc1. The zero-order valence-electron chi connectivity index (χ0n) is 13.5. The van der Waals surface area contributed by atoms with E-state index in [1.807, 2.05) is 18.2 Å². The number of fused-ring (bicyclic) bond motifs is 1. The minimum absolute atomic E-state index is 0.0311. The van der Waals surface area contributed by atoms with Gasteiger partial charge in [0.2, 0.25) is 0 Å². The van der Waals surface area contributed by atoms with Crippen LogP contribution < -0.4 is 5.32 Å². The van der Waals surface area contributed by atoms with Crippen LogP contribution in [-0.4, -0.2) is 23.2 Å². The van der Waals surface area contributed by atoms with Gasteiger partial charge in [0, 0.05) is 22.2 Å². The molecule has 0 aliphatic carbocycles. The van der Waals surface area contributed by atoms with Crippen LogP contribution in [0, 0.1) is 24.6 Å². The monoisotopic (exact) mass is 334 g/mol. The zero-order chi connectivity index (χ0) is 17.8. The summed E-state index contributed by atoms with van der Waals surface area (Å²) in [4.78, 5) is 27.6. The Balaban J connectivity index is 1.68. The number of aromatic nitrogens is 1. The Labute approximate surface area is 144 Å². The maximum Gasteiger partial charge on any atom is 0.293 e. The topological polar surface area (TPSA) is 62.0 Å². The smallest absolute Gasteiger partial charge is 0.293 e. The molecular weight excluding hydrogens is 319 g/mol. The van der Waals surface area contributed by atoms with Gasteiger partial charge in [-0.25, -0.2) is 4.39 Å². The Hall–Kier alpha value is -3.39. The van der Waals surface area contributed by atoms with E-state index >= 15 is 0 Å². The average Bonchev–Trinajstić information content (AvgIpc) is 2.95. The van der Waals surface area contributed by atoms with Crippen molar-refractivity contribution in [2.24, 2.45) is 0 Å². The van der Waals surface area contributed by atoms with Crippen molar-refractivity contribution in [3.8, 4) is 11.8 Å². The fraction of sp³-hybridized carbons (Fsp3) is 0.100. The molecule has 0 bridgehead atoms. The number of hydrogen-bond acceptors (Lipinski definition) is 2. The highest BCUT2D eigenvalue weighted by Gasteiger charge is 2.21. The predicted molar refractivity (Wildman–Crippen MR) is 93.7 cm³/mol. The molecule has 2 N–H and O–H groups in total. The molecule has 5 heteroatoms. The molecule has 1 aromatic heterocycles. The van der Waals surface area contributed by atoms with E-state index in [0.717, 1.165) is 10.9 Å². The van der Waals surface area contributed by atoms with Gasteiger partial charge in [-0.05, 0) is 37.3 Å². The molecule has 3 aromatic rings. The maximum absolute atomic E-state index is 12.8. The second-order valence-electron chi connectivity index (χ2n) is 5.49. The standard InChI is InChI=1S/C20H15FN2O2/c1-13-18(16-6-2-3-7-17(16)23-13)19(24)20(25)22-12-4-5-14-8-10-15(21)11-9-14/h2-3,6-11,23H,12H2,1H3,(H,22,25). The molecule has 0 fully saturated rings. The lowest BCUT2D eigenvalue weighted by molar-refractivity contribution is -0.116. The summed E-state index contributed by atoms with van der Waals surface area (Å²) in [6, 6.07) is 13.0. The van der Waals surface area contributed by atoms with Gasteiger partial charge < -0.3 is 10.3 Å². The molecule has 0 saturated heterocycles. The third-order valence-electron chi connectivity index (χ3n) is 3.74. The van der Waals surface area contributed by atoms with E-state index in [0.29, 0.717) is 16.8 Å². The van der Waals surface area contributed by atoms with E-state index in [4.69, 9.17) is 0 Å². The lowest BCUT2D eigenvalue weighted by Gasteiger charge is -2.01. The molecule has 1 heterocycles. The molecule has 0 saturated carbocycles. The first-order valence-electron chi connectivity index (χ1n) is 7.70. The number of rotatable bonds is 3. The van der Waals surface area contributed by atoms with Crippen LogP contribution in [-0.2, 0) is 4.79 Å². The van der Waals surface area contributed by atoms with Crippen molar-refractivity contribution < 1.29 is 14.0 Å². The molecule has 0 spiro atoms. The number of amides is 1. The first-order chi connectivity index (χ1) is 12.1. The molecule has 0 atom stereocenters. The van der Waals surface area contributed by atoms with Crippen molar-refractivity contribution >= 4 is 22.6 Å². The fourth-order valence-electron chi connectivity index (χ4n) is 2.57. The van der Waals surface area contributed by atoms with Gasteiger partial charge >= 0.3 is 0 Å². The van der Waals surface area contributed by atoms with Gasteiger partial charge in [-0.3, -0.25) is 9.59 Å². The van der Waals surface area contributed by atoms with Gasteiger partial charge in [-0.2, -0.15) is 0 Å². The van der Waals surface area contributed by atoms with E-state index in [-0.39, 0.29) is 12.4 Å². The summed E-state index contributed by atoms with van der Waals surface area (Å²) in [6.07, 6.45) is 0. The molecule has 3 rings (SSSR count). The van der Waals surface area contributed by atoms with Crippen LogP contribution in [0.3, 0.4) is 0 Å². The number of aryl methyl sites for hydroxylation is 1. The van der Waals surface area contributed by atoms with Crippen LogP contribution in [0.1, 0.15) is 21.6 Å². The van der Waals surface area contributed by atoms with Gasteiger partial charge in [0.1, 0.15) is 5.82 Å². The number of halogens is 1. The highest BCUT2D eigenvalue weighted by Crippen LogP contribution is 2.22. The van der Waals surface area contributed by atoms with Crippen molar-refractivity contribution in [1.82, 2.24) is 10.3 Å². The summed E-state index contributed by atoms with van der Waals surface area (Å²) in [5.41, 5.74) is 2.47. The first kappa shape index (κ1) is 16.5. The van der Waals surface area contributed by atoms with E-state index in [2.05, 4.69) is 22.1 Å². The van der Waals surface area contributed by atoms with Crippen molar-refractivity contribution in [2.45, 2.75) is 6.92 Å². The molecule has 2 aromatic carbocycles. The normalized spacial score (nSPS) is 10.2. The minimum Gasteiger partial charge on any atom is -0.358 e. The zero-order valence-corrected chi connectivity index (χ0v) is 13.5. The van der Waals surface area contributed by atoms with Crippen molar-refractivity contribution in [1.29, 1.82) is 0 Å². The van der Waals surface area contributed by atoms with E-state index in [9.17, 15) is 14.0 Å². The number of carbonyl (C=O) groups excluding carboxylic acids is 2. The fourth-order valence-corrected chi connectivity index (χ4v) is 2.57. The van der Waals surface area contributed by atoms with Crippen LogP contribution in [0.4, 0.5) is 4.39 Å². The molecule has 0 radical (unpaired) electrons. The van der Waals surface area contributed by atoms with Gasteiger partial charge in [0.05, 0.1) is 12.1 Å². The Bertz CT molecular complexity index is 1010. The molecular formula is C20H15FN2O2. The Morgan fingerprint density at radius 2 is 1.84 bits per heavy atom. The number of benzene rings is 2. The highest BCUT2D eigenvalue weighted by atomic mass is 19.1. The summed E-state index contributed by atoms with van der Waals surface area (Å²) < 4.78 is 12.8. The summed E-state index contributed by atoms with van der Waals surface area (Å²) in [5, 5.41) is 3.21. The summed E-state index contributed by atoms with van der Waals surface area (Å²) in [5.74, 6) is 3.89. The molecule has 0 unspecified atom stereocenters. The van der Waals surface area contributed by atoms with Crippen molar-refractivity contribution in [3.05, 3.63) is 71.2 Å². The largest absolute Gasteiger partial charge is 0.358 e. The van der Waals surface area contributed by atoms with E-state index in [1.54, 1.807) is 25.1 Å². The van der Waals surface area contributed by atoms with Crippen LogP contribution in [0.2, 0.25) is 0 Å². The third kappa shape index (κ3) is 3.59. The second kappa shape index (κ2) is 7.02. The Morgan fingerprint density at radius 1 is 1.12 bits per heavy atom. The van der Waals surface area contributed by atoms with Crippen LogP contribution in [0.15, 0.2) is 48.5 Å². The third-order valence-corrected chi connectivity index (χ3v) is 3.74. The first-order valence-corrected chi connectivity index (χ1v) is 7.70. The quantitative estimate of drug-likeness (QED) is 0.439. The van der Waals surface area contributed by atoms with Crippen LogP contribution >= 0.6 is 0 Å².